The molecule has 0 unspecified atom stereocenters. The second kappa shape index (κ2) is 15.0. The Morgan fingerprint density at radius 1 is 0.643 bits per heavy atom. The van der Waals surface area contributed by atoms with Crippen molar-refractivity contribution in [2.45, 2.75) is 24.5 Å². The number of phenols is 1. The van der Waals surface area contributed by atoms with Gasteiger partial charge in [-0.3, -0.25) is 22.8 Å². The van der Waals surface area contributed by atoms with Crippen molar-refractivity contribution in [3.63, 3.8) is 0 Å². The topological polar surface area (TPSA) is 411 Å². The lowest BCUT2D eigenvalue weighted by Crippen LogP contribution is -2.15. The van der Waals surface area contributed by atoms with Crippen LogP contribution in [0.15, 0.2) is 87.4 Å². The van der Waals surface area contributed by atoms with Crippen molar-refractivity contribution in [3.05, 3.63) is 54.1 Å². The van der Waals surface area contributed by atoms with E-state index in [-0.39, 0.29) is 11.8 Å². The van der Waals surface area contributed by atoms with E-state index in [2.05, 4.69) is 24.6 Å². The van der Waals surface area contributed by atoms with E-state index in [0.29, 0.717) is 12.1 Å². The van der Waals surface area contributed by atoms with E-state index in [1.54, 1.807) is 0 Å². The minimum Gasteiger partial charge on any atom is -0.505 e. The highest BCUT2D eigenvalue weighted by Gasteiger charge is 2.33. The fraction of sp³-hybridized carbons (Fsp3) is 0.0833. The van der Waals surface area contributed by atoms with Gasteiger partial charge in [0.2, 0.25) is 0 Å². The van der Waals surface area contributed by atoms with Crippen LogP contribution >= 0.6 is 0 Å². The first-order chi connectivity index (χ1) is 25.3. The third-order valence-electron chi connectivity index (χ3n) is 6.80. The molecule has 4 aromatic carbocycles. The van der Waals surface area contributed by atoms with Crippen molar-refractivity contribution in [3.8, 4) is 5.75 Å². The zero-order chi connectivity index (χ0) is 42.6. The molecule has 4 rings (SSSR count). The molecule has 0 spiro atoms. The molecule has 304 valence electrons. The molecule has 24 nitrogen and oxygen atoms in total. The molecule has 0 aliphatic rings. The van der Waals surface area contributed by atoms with Crippen LogP contribution in [-0.4, -0.2) is 90.7 Å². The Kier molecular flexibility index (Phi) is 11.8. The quantitative estimate of drug-likeness (QED) is 0.0576. The molecule has 0 aliphatic carbocycles. The Balaban J connectivity index is 1.94. The van der Waals surface area contributed by atoms with Crippen molar-refractivity contribution in [2.75, 3.05) is 18.1 Å². The molecule has 0 fully saturated rings. The molecule has 0 amide bonds. The molecule has 32 heteroatoms. The van der Waals surface area contributed by atoms with Crippen LogP contribution in [0.2, 0.25) is 0 Å². The molecule has 0 saturated carbocycles. The van der Waals surface area contributed by atoms with Gasteiger partial charge in [-0.15, -0.1) is 15.3 Å². The van der Waals surface area contributed by atoms with E-state index in [9.17, 15) is 78.1 Å². The Bertz CT molecular complexity index is 3070. The third-order valence-corrected chi connectivity index (χ3v) is 12.5. The number of benzene rings is 4. The average Bonchev–Trinajstić information content (AvgIpc) is 3.00. The average molecular weight is 912 g/mol. The van der Waals surface area contributed by atoms with Gasteiger partial charge in [-0.25, -0.2) is 21.4 Å². The summed E-state index contributed by atoms with van der Waals surface area (Å²) in [4.78, 5) is -7.55. The van der Waals surface area contributed by atoms with Crippen molar-refractivity contribution in [2.24, 2.45) is 20.5 Å². The van der Waals surface area contributed by atoms with Crippen LogP contribution < -0.4 is 5.73 Å². The summed E-state index contributed by atoms with van der Waals surface area (Å²) in [6.07, 6.45) is 0. The van der Waals surface area contributed by atoms with Crippen LogP contribution in [-0.2, 0) is 64.9 Å². The lowest BCUT2D eigenvalue weighted by Gasteiger charge is -2.14. The number of hydrogen-bond donors (Lipinski definition) is 7. The monoisotopic (exact) mass is 911 g/mol. The lowest BCUT2D eigenvalue weighted by molar-refractivity contribution is 0.284. The van der Waals surface area contributed by atoms with E-state index in [1.165, 1.54) is 0 Å². The fourth-order valence-electron chi connectivity index (χ4n) is 4.53. The predicted molar refractivity (Wildman–Crippen MR) is 180 cm³/mol. The Labute approximate surface area is 312 Å². The first kappa shape index (κ1) is 44.0. The summed E-state index contributed by atoms with van der Waals surface area (Å²) in [6, 6.07) is 4.40. The maximum atomic E-state index is 14.9. The number of aromatic hydroxyl groups is 1. The second-order valence-electron chi connectivity index (χ2n) is 10.5. The maximum Gasteiger partial charge on any atom is 0.397 e. The summed E-state index contributed by atoms with van der Waals surface area (Å²) in [7, 11) is -31.9. The number of nitrogens with zero attached hydrogens (tertiary/aromatic N) is 4. The molecule has 0 aromatic heterocycles. The molecule has 0 saturated heterocycles. The Hall–Kier alpha value is -4.74. The molecule has 8 N–H and O–H groups in total. The van der Waals surface area contributed by atoms with Crippen LogP contribution in [0.4, 0.5) is 37.2 Å². The van der Waals surface area contributed by atoms with Gasteiger partial charge in [0.15, 0.2) is 31.2 Å². The van der Waals surface area contributed by atoms with Crippen molar-refractivity contribution in [1.82, 2.24) is 0 Å². The number of anilines is 1. The van der Waals surface area contributed by atoms with Crippen LogP contribution in [0.3, 0.4) is 0 Å². The number of rotatable bonds is 13. The van der Waals surface area contributed by atoms with Crippen molar-refractivity contribution in [1.29, 1.82) is 0 Å². The summed E-state index contributed by atoms with van der Waals surface area (Å²) in [5.74, 6) is -7.24. The molecule has 0 aliphatic heterocycles. The summed E-state index contributed by atoms with van der Waals surface area (Å²) < 4.78 is 222. The second-order valence-corrected chi connectivity index (χ2v) is 19.2. The highest BCUT2D eigenvalue weighted by atomic mass is 32.3. The van der Waals surface area contributed by atoms with E-state index >= 15 is 0 Å². The molecule has 56 heavy (non-hydrogen) atoms. The van der Waals surface area contributed by atoms with Crippen molar-refractivity contribution >= 4 is 99.9 Å². The van der Waals surface area contributed by atoms with Crippen molar-refractivity contribution < 1.29 is 91.3 Å². The molecular weight excluding hydrogens is 893 g/mol. The smallest absolute Gasteiger partial charge is 0.397 e. The number of hydrogen-bond acceptors (Lipinski definition) is 19. The zero-order valence-electron chi connectivity index (χ0n) is 26.5. The van der Waals surface area contributed by atoms with Gasteiger partial charge in [0.1, 0.15) is 32.7 Å². The van der Waals surface area contributed by atoms with E-state index < -0.39 is 148 Å². The van der Waals surface area contributed by atoms with Gasteiger partial charge >= 0.3 is 10.4 Å². The summed E-state index contributed by atoms with van der Waals surface area (Å²) >= 11 is 0. The number of phenolic OH excluding ortho intramolecular Hbond substituents is 1. The third kappa shape index (κ3) is 9.61. The van der Waals surface area contributed by atoms with E-state index in [1.807, 2.05) is 0 Å². The van der Waals surface area contributed by atoms with Crippen LogP contribution in [0.5, 0.6) is 5.75 Å². The normalized spacial score (nSPS) is 13.6. The number of nitrogen functional groups attached to an aromatic ring is 1. The molecule has 4 aromatic rings. The van der Waals surface area contributed by atoms with Gasteiger partial charge in [0.05, 0.1) is 34.0 Å². The standard InChI is InChI=1S/C24H19F2N5O19S6/c25-13-9-14(24(55(44,45)46)18(26)23(13)54(41,42)43)29-31-21-16(53(38,39)40)8-10-7-15(52(35,36)37)20(19(27)17(10)22(21)32)30-28-11-1-3-12(4-2-11)51(33,34)6-5-50-56(47,48)49/h1-4,7-9,32H,5-6,27H2,(H,35,36,37)(H,38,39,40)(H,41,42,43)(H,44,45,46)(H,47,48,49). The van der Waals surface area contributed by atoms with Gasteiger partial charge < -0.3 is 10.8 Å². The van der Waals surface area contributed by atoms with Gasteiger partial charge in [0.25, 0.3) is 40.5 Å². The molecule has 0 bridgehead atoms. The number of sulfone groups is 1. The van der Waals surface area contributed by atoms with Crippen LogP contribution in [0, 0.1) is 11.6 Å². The van der Waals surface area contributed by atoms with Gasteiger partial charge in [-0.2, -0.15) is 47.2 Å². The summed E-state index contributed by atoms with van der Waals surface area (Å²) in [5, 5.41) is 23.1. The zero-order valence-corrected chi connectivity index (χ0v) is 31.4. The van der Waals surface area contributed by atoms with Gasteiger partial charge in [-0.1, -0.05) is 0 Å². The first-order valence-corrected chi connectivity index (χ1v) is 22.4. The summed E-state index contributed by atoms with van der Waals surface area (Å²) in [6.45, 7) is -0.962. The number of halogens is 2. The number of fused-ring (bicyclic) bond motifs is 1. The molecule has 0 heterocycles. The highest BCUT2D eigenvalue weighted by molar-refractivity contribution is 7.91. The minimum atomic E-state index is -5.92. The van der Waals surface area contributed by atoms with Gasteiger partial charge in [0, 0.05) is 6.07 Å². The fourth-order valence-corrected chi connectivity index (χ4v) is 8.74. The summed E-state index contributed by atoms with van der Waals surface area (Å²) in [5.41, 5.74) is 0.748. The Morgan fingerprint density at radius 3 is 1.62 bits per heavy atom. The van der Waals surface area contributed by atoms with Crippen LogP contribution in [0.25, 0.3) is 10.8 Å². The number of nitrogens with two attached hydrogens (primary N) is 1. The van der Waals surface area contributed by atoms with Gasteiger partial charge in [-0.05, 0) is 41.8 Å². The minimum absolute atomic E-state index is 0.213. The lowest BCUT2D eigenvalue weighted by atomic mass is 10.1. The van der Waals surface area contributed by atoms with Crippen LogP contribution in [0.1, 0.15) is 0 Å². The highest BCUT2D eigenvalue weighted by Crippen LogP contribution is 2.48. The first-order valence-electron chi connectivity index (χ1n) is 13.7. The largest absolute Gasteiger partial charge is 0.505 e. The maximum absolute atomic E-state index is 14.9. The molecule has 0 radical (unpaired) electrons. The van der Waals surface area contributed by atoms with E-state index in [0.717, 1.165) is 24.3 Å². The Morgan fingerprint density at radius 2 is 1.14 bits per heavy atom. The molecular formula is C24H19F2N5O19S6. The van der Waals surface area contributed by atoms with E-state index in [4.69, 9.17) is 14.8 Å². The SMILES string of the molecule is Nc1c(N=Nc2ccc(S(=O)(=O)CCOS(=O)(=O)O)cc2)c(S(=O)(=O)O)cc2cc(S(=O)(=O)O)c(N=Nc3cc(F)c(S(=O)(=O)O)c(F)c3S(=O)(=O)O)c(O)c12. The number of azo groups is 2. The molecule has 0 atom stereocenters. The predicted octanol–water partition coefficient (Wildman–Crippen LogP) is 2.82.